The zero-order valence-corrected chi connectivity index (χ0v) is 20.8. The Morgan fingerprint density at radius 1 is 1.06 bits per heavy atom. The van der Waals surface area contributed by atoms with Crippen molar-refractivity contribution in [1.29, 1.82) is 0 Å². The van der Waals surface area contributed by atoms with Gasteiger partial charge in [0.05, 0.1) is 17.9 Å². The van der Waals surface area contributed by atoms with Crippen molar-refractivity contribution >= 4 is 22.6 Å². The first-order valence-electron chi connectivity index (χ1n) is 11.2. The van der Waals surface area contributed by atoms with Crippen molar-refractivity contribution in [2.75, 3.05) is 17.4 Å². The van der Waals surface area contributed by atoms with Gasteiger partial charge in [0.25, 0.3) is 0 Å². The number of carbonyl (C=O) groups excluding carboxylic acids is 1. The van der Waals surface area contributed by atoms with E-state index in [1.165, 1.54) is 0 Å². The third-order valence-corrected chi connectivity index (χ3v) is 6.75. The van der Waals surface area contributed by atoms with Gasteiger partial charge in [-0.2, -0.15) is 0 Å². The van der Waals surface area contributed by atoms with Gasteiger partial charge >= 0.3 is 0 Å². The van der Waals surface area contributed by atoms with E-state index in [4.69, 9.17) is 0 Å². The second-order valence-corrected chi connectivity index (χ2v) is 9.74. The molecule has 1 aromatic carbocycles. The predicted molar refractivity (Wildman–Crippen MR) is 133 cm³/mol. The molecular formula is C26H32N4O2S. The van der Waals surface area contributed by atoms with Gasteiger partial charge in [-0.3, -0.25) is 14.1 Å². The summed E-state index contributed by atoms with van der Waals surface area (Å²) in [6, 6.07) is 17.2. The summed E-state index contributed by atoms with van der Waals surface area (Å²) in [7, 11) is -1.63. The second-order valence-electron chi connectivity index (χ2n) is 8.39. The van der Waals surface area contributed by atoms with Crippen LogP contribution in [-0.4, -0.2) is 38.1 Å². The number of likely N-dealkylation sites (N-methyl/N-ethyl adjacent to an activating group) is 1. The lowest BCUT2D eigenvalue weighted by Crippen LogP contribution is -2.41. The Morgan fingerprint density at radius 3 is 2.42 bits per heavy atom. The number of anilines is 1. The SMILES string of the molecule is CCN(Cc1cccc(C)n1)C(=O)CN(c1cccc(C)c1)S(=O)c1ccc(C(C)C)cn1. The van der Waals surface area contributed by atoms with Crippen LogP contribution >= 0.6 is 0 Å². The first kappa shape index (κ1) is 24.6. The number of benzene rings is 1. The van der Waals surface area contributed by atoms with Crippen molar-refractivity contribution in [3.8, 4) is 0 Å². The molecule has 0 aliphatic rings. The van der Waals surface area contributed by atoms with Crippen molar-refractivity contribution in [3.05, 3.63) is 83.3 Å². The van der Waals surface area contributed by atoms with E-state index in [9.17, 15) is 9.00 Å². The third kappa shape index (κ3) is 6.48. The number of hydrogen-bond acceptors (Lipinski definition) is 4. The van der Waals surface area contributed by atoms with Crippen LogP contribution in [0.1, 0.15) is 49.2 Å². The minimum atomic E-state index is -1.63. The maximum absolute atomic E-state index is 13.6. The summed E-state index contributed by atoms with van der Waals surface area (Å²) in [6.07, 6.45) is 1.76. The molecule has 174 valence electrons. The number of rotatable bonds is 9. The third-order valence-electron chi connectivity index (χ3n) is 5.41. The average Bonchev–Trinajstić information content (AvgIpc) is 2.80. The molecule has 0 saturated heterocycles. The number of nitrogens with zero attached hydrogens (tertiary/aromatic N) is 4. The molecule has 3 aromatic rings. The topological polar surface area (TPSA) is 66.4 Å². The van der Waals surface area contributed by atoms with E-state index in [1.54, 1.807) is 21.5 Å². The van der Waals surface area contributed by atoms with Gasteiger partial charge in [0.2, 0.25) is 5.91 Å². The Morgan fingerprint density at radius 2 is 1.82 bits per heavy atom. The fourth-order valence-corrected chi connectivity index (χ4v) is 4.55. The van der Waals surface area contributed by atoms with Gasteiger partial charge in [0, 0.05) is 18.4 Å². The molecule has 33 heavy (non-hydrogen) atoms. The molecule has 6 nitrogen and oxygen atoms in total. The van der Waals surface area contributed by atoms with E-state index in [1.807, 2.05) is 69.3 Å². The molecule has 0 N–H and O–H groups in total. The van der Waals surface area contributed by atoms with Gasteiger partial charge in [-0.25, -0.2) is 9.19 Å². The summed E-state index contributed by atoms with van der Waals surface area (Å²) in [6.45, 7) is 10.9. The minimum absolute atomic E-state index is 0.0245. The smallest absolute Gasteiger partial charge is 0.243 e. The van der Waals surface area contributed by atoms with Crippen LogP contribution in [-0.2, 0) is 22.3 Å². The maximum atomic E-state index is 13.6. The van der Waals surface area contributed by atoms with E-state index in [0.29, 0.717) is 24.0 Å². The molecule has 0 saturated carbocycles. The number of aromatic nitrogens is 2. The largest absolute Gasteiger partial charge is 0.336 e. The summed E-state index contributed by atoms with van der Waals surface area (Å²) < 4.78 is 15.2. The first-order chi connectivity index (χ1) is 15.8. The molecule has 0 radical (unpaired) electrons. The van der Waals surface area contributed by atoms with Gasteiger partial charge in [0.1, 0.15) is 11.6 Å². The van der Waals surface area contributed by atoms with Crippen LogP contribution in [0.2, 0.25) is 0 Å². The van der Waals surface area contributed by atoms with E-state index >= 15 is 0 Å². The highest BCUT2D eigenvalue weighted by Gasteiger charge is 2.24. The van der Waals surface area contributed by atoms with Gasteiger partial charge in [0.15, 0.2) is 11.0 Å². The van der Waals surface area contributed by atoms with Crippen molar-refractivity contribution in [1.82, 2.24) is 14.9 Å². The summed E-state index contributed by atoms with van der Waals surface area (Å²) in [4.78, 5) is 24.0. The lowest BCUT2D eigenvalue weighted by atomic mass is 10.1. The molecule has 7 heteroatoms. The van der Waals surface area contributed by atoms with Crippen LogP contribution in [0.3, 0.4) is 0 Å². The zero-order chi connectivity index (χ0) is 24.0. The average molecular weight is 465 g/mol. The Hall–Kier alpha value is -3.06. The van der Waals surface area contributed by atoms with Gasteiger partial charge in [-0.05, 0) is 68.1 Å². The maximum Gasteiger partial charge on any atom is 0.243 e. The molecular weight excluding hydrogens is 432 g/mol. The molecule has 2 aromatic heterocycles. The molecule has 3 rings (SSSR count). The number of pyridine rings is 2. The summed E-state index contributed by atoms with van der Waals surface area (Å²) in [5, 5.41) is 0.428. The Balaban J connectivity index is 1.87. The van der Waals surface area contributed by atoms with Crippen LogP contribution in [0.25, 0.3) is 0 Å². The van der Waals surface area contributed by atoms with E-state index in [-0.39, 0.29) is 12.5 Å². The Kier molecular flexibility index (Phi) is 8.33. The minimum Gasteiger partial charge on any atom is -0.336 e. The van der Waals surface area contributed by atoms with E-state index in [2.05, 4.69) is 23.8 Å². The highest BCUT2D eigenvalue weighted by atomic mass is 32.2. The van der Waals surface area contributed by atoms with Gasteiger partial charge in [-0.15, -0.1) is 0 Å². The molecule has 0 spiro atoms. The lowest BCUT2D eigenvalue weighted by Gasteiger charge is -2.27. The van der Waals surface area contributed by atoms with Crippen molar-refractivity contribution in [2.24, 2.45) is 0 Å². The van der Waals surface area contributed by atoms with Crippen molar-refractivity contribution in [2.45, 2.75) is 52.1 Å². The molecule has 1 amide bonds. The van der Waals surface area contributed by atoms with Crippen LogP contribution in [0.15, 0.2) is 65.8 Å². The predicted octanol–water partition coefficient (Wildman–Crippen LogP) is 4.79. The highest BCUT2D eigenvalue weighted by Crippen LogP contribution is 2.22. The fourth-order valence-electron chi connectivity index (χ4n) is 3.46. The normalized spacial score (nSPS) is 11.9. The summed E-state index contributed by atoms with van der Waals surface area (Å²) >= 11 is 0. The Bertz CT molecular complexity index is 1120. The summed E-state index contributed by atoms with van der Waals surface area (Å²) in [5.74, 6) is 0.220. The van der Waals surface area contributed by atoms with Gasteiger partial charge < -0.3 is 4.90 Å². The molecule has 0 aliphatic carbocycles. The molecule has 0 aliphatic heterocycles. The molecule has 1 unspecified atom stereocenters. The lowest BCUT2D eigenvalue weighted by molar-refractivity contribution is -0.130. The zero-order valence-electron chi connectivity index (χ0n) is 20.0. The molecule has 1 atom stereocenters. The van der Waals surface area contributed by atoms with Crippen LogP contribution in [0.4, 0.5) is 5.69 Å². The number of carbonyl (C=O) groups is 1. The van der Waals surface area contributed by atoms with Crippen molar-refractivity contribution in [3.63, 3.8) is 0 Å². The van der Waals surface area contributed by atoms with Crippen LogP contribution in [0.5, 0.6) is 0 Å². The van der Waals surface area contributed by atoms with Gasteiger partial charge in [-0.1, -0.05) is 38.1 Å². The standard InChI is InChI=1S/C26H32N4O2S/c1-6-29(17-23-11-8-10-21(5)28-23)26(31)18-30(24-12-7-9-20(4)15-24)33(32)25-14-13-22(16-27-25)19(2)3/h7-16,19H,6,17-18H2,1-5H3. The molecule has 0 bridgehead atoms. The number of hydrogen-bond donors (Lipinski definition) is 0. The number of aryl methyl sites for hydroxylation is 2. The first-order valence-corrected chi connectivity index (χ1v) is 12.3. The van der Waals surface area contributed by atoms with E-state index < -0.39 is 11.0 Å². The monoisotopic (exact) mass is 464 g/mol. The fraction of sp³-hybridized carbons (Fsp3) is 0.346. The quantitative estimate of drug-likeness (QED) is 0.456. The van der Waals surface area contributed by atoms with Crippen LogP contribution < -0.4 is 4.31 Å². The summed E-state index contributed by atoms with van der Waals surface area (Å²) in [5.41, 5.74) is 4.58. The highest BCUT2D eigenvalue weighted by molar-refractivity contribution is 7.86. The number of amides is 1. The van der Waals surface area contributed by atoms with Crippen molar-refractivity contribution < 1.29 is 9.00 Å². The second kappa shape index (κ2) is 11.2. The van der Waals surface area contributed by atoms with E-state index in [0.717, 1.165) is 28.2 Å². The van der Waals surface area contributed by atoms with Crippen LogP contribution in [0, 0.1) is 13.8 Å². The molecule has 2 heterocycles. The Labute approximate surface area is 199 Å². The molecule has 0 fully saturated rings.